The van der Waals surface area contributed by atoms with E-state index in [0.717, 1.165) is 13.1 Å². The summed E-state index contributed by atoms with van der Waals surface area (Å²) in [7, 11) is 0. The van der Waals surface area contributed by atoms with Crippen LogP contribution in [0.4, 0.5) is 0 Å². The van der Waals surface area contributed by atoms with Gasteiger partial charge in [0.2, 0.25) is 0 Å². The minimum absolute atomic E-state index is 0.632. The van der Waals surface area contributed by atoms with Gasteiger partial charge in [-0.2, -0.15) is 0 Å². The molecular formula is C15H25N. The van der Waals surface area contributed by atoms with E-state index in [1.807, 2.05) is 0 Å². The van der Waals surface area contributed by atoms with Crippen LogP contribution < -0.4 is 5.32 Å². The Hall–Kier alpha value is -0.820. The SMILES string of the molecule is CCCNCC(c1ccccc1C)C(C)C. The standard InChI is InChI=1S/C15H25N/c1-5-10-16-11-15(12(2)3)14-9-7-6-8-13(14)4/h6-9,12,15-16H,5,10-11H2,1-4H3. The van der Waals surface area contributed by atoms with Crippen LogP contribution in [0.5, 0.6) is 0 Å². The summed E-state index contributed by atoms with van der Waals surface area (Å²) < 4.78 is 0. The van der Waals surface area contributed by atoms with Crippen molar-refractivity contribution in [2.75, 3.05) is 13.1 Å². The van der Waals surface area contributed by atoms with Crippen LogP contribution in [0.1, 0.15) is 44.2 Å². The van der Waals surface area contributed by atoms with E-state index < -0.39 is 0 Å². The molecule has 0 radical (unpaired) electrons. The number of hydrogen-bond acceptors (Lipinski definition) is 1. The molecule has 1 aromatic carbocycles. The molecule has 1 rings (SSSR count). The zero-order valence-electron chi connectivity index (χ0n) is 11.1. The van der Waals surface area contributed by atoms with Crippen molar-refractivity contribution in [1.82, 2.24) is 5.32 Å². The van der Waals surface area contributed by atoms with Crippen LogP contribution in [0.2, 0.25) is 0 Å². The number of aryl methyl sites for hydroxylation is 1. The lowest BCUT2D eigenvalue weighted by Crippen LogP contribution is -2.25. The molecule has 0 fully saturated rings. The minimum Gasteiger partial charge on any atom is -0.316 e. The van der Waals surface area contributed by atoms with Crippen LogP contribution in [-0.4, -0.2) is 13.1 Å². The molecule has 1 N–H and O–H groups in total. The normalized spacial score (nSPS) is 13.1. The molecule has 0 aliphatic heterocycles. The first-order valence-corrected chi connectivity index (χ1v) is 6.43. The van der Waals surface area contributed by atoms with Gasteiger partial charge in [0.25, 0.3) is 0 Å². The smallest absolute Gasteiger partial charge is 0.00227 e. The molecule has 1 atom stereocenters. The van der Waals surface area contributed by atoms with Gasteiger partial charge in [0.1, 0.15) is 0 Å². The summed E-state index contributed by atoms with van der Waals surface area (Å²) >= 11 is 0. The summed E-state index contributed by atoms with van der Waals surface area (Å²) in [5.41, 5.74) is 2.92. The summed E-state index contributed by atoms with van der Waals surface area (Å²) in [4.78, 5) is 0. The average Bonchev–Trinajstić information content (AvgIpc) is 2.25. The summed E-state index contributed by atoms with van der Waals surface area (Å²) in [6.07, 6.45) is 1.21. The van der Waals surface area contributed by atoms with Crippen molar-refractivity contribution in [2.45, 2.75) is 40.0 Å². The molecule has 0 amide bonds. The highest BCUT2D eigenvalue weighted by molar-refractivity contribution is 5.29. The van der Waals surface area contributed by atoms with E-state index in [1.165, 1.54) is 17.5 Å². The van der Waals surface area contributed by atoms with Crippen LogP contribution in [0, 0.1) is 12.8 Å². The first-order valence-electron chi connectivity index (χ1n) is 6.43. The fraction of sp³-hybridized carbons (Fsp3) is 0.600. The second-order valence-corrected chi connectivity index (χ2v) is 4.91. The van der Waals surface area contributed by atoms with Gasteiger partial charge in [-0.1, -0.05) is 45.0 Å². The molecule has 1 aromatic rings. The van der Waals surface area contributed by atoms with Gasteiger partial charge in [-0.05, 0) is 42.9 Å². The third-order valence-corrected chi connectivity index (χ3v) is 3.18. The van der Waals surface area contributed by atoms with E-state index in [4.69, 9.17) is 0 Å². The number of rotatable bonds is 6. The Morgan fingerprint density at radius 1 is 1.19 bits per heavy atom. The summed E-state index contributed by atoms with van der Waals surface area (Å²) in [5.74, 6) is 1.32. The Labute approximate surface area is 100 Å². The molecule has 90 valence electrons. The monoisotopic (exact) mass is 219 g/mol. The van der Waals surface area contributed by atoms with Gasteiger partial charge in [-0.15, -0.1) is 0 Å². The Morgan fingerprint density at radius 2 is 1.88 bits per heavy atom. The van der Waals surface area contributed by atoms with Crippen LogP contribution in [0.15, 0.2) is 24.3 Å². The fourth-order valence-corrected chi connectivity index (χ4v) is 2.14. The van der Waals surface area contributed by atoms with Gasteiger partial charge in [0.05, 0.1) is 0 Å². The molecule has 1 heteroatoms. The van der Waals surface area contributed by atoms with Crippen molar-refractivity contribution >= 4 is 0 Å². The van der Waals surface area contributed by atoms with Crippen molar-refractivity contribution in [3.63, 3.8) is 0 Å². The Bertz CT molecular complexity index is 304. The lowest BCUT2D eigenvalue weighted by atomic mass is 9.86. The average molecular weight is 219 g/mol. The maximum Gasteiger partial charge on any atom is 0.00227 e. The molecule has 0 aromatic heterocycles. The van der Waals surface area contributed by atoms with E-state index in [-0.39, 0.29) is 0 Å². The minimum atomic E-state index is 0.632. The number of nitrogens with one attached hydrogen (secondary N) is 1. The summed E-state index contributed by atoms with van der Waals surface area (Å²) in [6, 6.07) is 8.76. The molecular weight excluding hydrogens is 194 g/mol. The Morgan fingerprint density at radius 3 is 2.44 bits per heavy atom. The predicted octanol–water partition coefficient (Wildman–Crippen LogP) is 3.73. The van der Waals surface area contributed by atoms with Crippen molar-refractivity contribution in [2.24, 2.45) is 5.92 Å². The van der Waals surface area contributed by atoms with Crippen molar-refractivity contribution in [1.29, 1.82) is 0 Å². The highest BCUT2D eigenvalue weighted by atomic mass is 14.9. The quantitative estimate of drug-likeness (QED) is 0.719. The van der Waals surface area contributed by atoms with E-state index in [2.05, 4.69) is 57.3 Å². The van der Waals surface area contributed by atoms with Crippen molar-refractivity contribution in [3.05, 3.63) is 35.4 Å². The predicted molar refractivity (Wildman–Crippen MR) is 71.9 cm³/mol. The van der Waals surface area contributed by atoms with Gasteiger partial charge in [0.15, 0.2) is 0 Å². The fourth-order valence-electron chi connectivity index (χ4n) is 2.14. The molecule has 0 saturated heterocycles. The second-order valence-electron chi connectivity index (χ2n) is 4.91. The van der Waals surface area contributed by atoms with Crippen molar-refractivity contribution < 1.29 is 0 Å². The van der Waals surface area contributed by atoms with E-state index >= 15 is 0 Å². The highest BCUT2D eigenvalue weighted by Gasteiger charge is 2.16. The maximum absolute atomic E-state index is 3.54. The zero-order chi connectivity index (χ0) is 12.0. The largest absolute Gasteiger partial charge is 0.316 e. The van der Waals surface area contributed by atoms with Crippen LogP contribution >= 0.6 is 0 Å². The molecule has 0 spiro atoms. The van der Waals surface area contributed by atoms with Gasteiger partial charge in [0, 0.05) is 6.54 Å². The molecule has 1 nitrogen and oxygen atoms in total. The van der Waals surface area contributed by atoms with Crippen LogP contribution in [0.25, 0.3) is 0 Å². The highest BCUT2D eigenvalue weighted by Crippen LogP contribution is 2.26. The van der Waals surface area contributed by atoms with E-state index in [1.54, 1.807) is 0 Å². The first kappa shape index (κ1) is 13.2. The van der Waals surface area contributed by atoms with Gasteiger partial charge < -0.3 is 5.32 Å². The number of benzene rings is 1. The second kappa shape index (κ2) is 6.70. The molecule has 16 heavy (non-hydrogen) atoms. The molecule has 0 saturated carbocycles. The third kappa shape index (κ3) is 3.64. The molecule has 0 aliphatic carbocycles. The van der Waals surface area contributed by atoms with Crippen molar-refractivity contribution in [3.8, 4) is 0 Å². The lowest BCUT2D eigenvalue weighted by molar-refractivity contribution is 0.460. The summed E-state index contributed by atoms with van der Waals surface area (Å²) in [5, 5.41) is 3.54. The van der Waals surface area contributed by atoms with Gasteiger partial charge in [-0.3, -0.25) is 0 Å². The van der Waals surface area contributed by atoms with E-state index in [0.29, 0.717) is 11.8 Å². The third-order valence-electron chi connectivity index (χ3n) is 3.18. The molecule has 0 aliphatic rings. The molecule has 0 bridgehead atoms. The van der Waals surface area contributed by atoms with Gasteiger partial charge in [-0.25, -0.2) is 0 Å². The molecule has 0 heterocycles. The Balaban J connectivity index is 2.74. The zero-order valence-corrected chi connectivity index (χ0v) is 11.1. The Kier molecular flexibility index (Phi) is 5.54. The van der Waals surface area contributed by atoms with E-state index in [9.17, 15) is 0 Å². The topological polar surface area (TPSA) is 12.0 Å². The lowest BCUT2D eigenvalue weighted by Gasteiger charge is -2.23. The van der Waals surface area contributed by atoms with Crippen LogP contribution in [-0.2, 0) is 0 Å². The summed E-state index contributed by atoms with van der Waals surface area (Å²) in [6.45, 7) is 11.3. The molecule has 1 unspecified atom stereocenters. The number of hydrogen-bond donors (Lipinski definition) is 1. The first-order chi connectivity index (χ1) is 7.66. The van der Waals surface area contributed by atoms with Gasteiger partial charge >= 0.3 is 0 Å². The van der Waals surface area contributed by atoms with Crippen LogP contribution in [0.3, 0.4) is 0 Å². The maximum atomic E-state index is 3.54.